The number of hydrogen-bond donors (Lipinski definition) is 0. The Kier molecular flexibility index (Phi) is 7.04. The zero-order valence-corrected chi connectivity index (χ0v) is 21.3. The molecule has 3 aromatic carbocycles. The summed E-state index contributed by atoms with van der Waals surface area (Å²) in [5, 5.41) is 1.31. The second-order valence-electron chi connectivity index (χ2n) is 8.87. The highest BCUT2D eigenvalue weighted by molar-refractivity contribution is 6.31. The van der Waals surface area contributed by atoms with Crippen molar-refractivity contribution in [2.75, 3.05) is 6.61 Å². The van der Waals surface area contributed by atoms with E-state index < -0.39 is 6.04 Å². The summed E-state index contributed by atoms with van der Waals surface area (Å²) in [4.78, 5) is 28.9. The van der Waals surface area contributed by atoms with E-state index in [4.69, 9.17) is 32.4 Å². The Morgan fingerprint density at radius 1 is 0.972 bits per heavy atom. The highest BCUT2D eigenvalue weighted by Gasteiger charge is 2.42. The van der Waals surface area contributed by atoms with Crippen LogP contribution in [0.1, 0.15) is 59.5 Å². The third kappa shape index (κ3) is 4.61. The first kappa shape index (κ1) is 24.4. The molecule has 0 radical (unpaired) electrons. The van der Waals surface area contributed by atoms with Gasteiger partial charge in [0.05, 0.1) is 23.6 Å². The molecule has 0 bridgehead atoms. The predicted molar refractivity (Wildman–Crippen MR) is 142 cm³/mol. The van der Waals surface area contributed by atoms with Crippen LogP contribution in [0.3, 0.4) is 0 Å². The Morgan fingerprint density at radius 3 is 2.50 bits per heavy atom. The third-order valence-corrected chi connectivity index (χ3v) is 7.04. The molecule has 0 N–H and O–H groups in total. The molecule has 1 aliphatic heterocycles. The molecule has 5 nitrogen and oxygen atoms in total. The number of hydrogen-bond acceptors (Lipinski definition) is 4. The summed E-state index contributed by atoms with van der Waals surface area (Å²) in [5.74, 6) is 0.435. The van der Waals surface area contributed by atoms with Gasteiger partial charge in [0.15, 0.2) is 5.43 Å². The highest BCUT2D eigenvalue weighted by atomic mass is 35.5. The van der Waals surface area contributed by atoms with Crippen LogP contribution in [-0.2, 0) is 6.54 Å². The lowest BCUT2D eigenvalue weighted by Crippen LogP contribution is -2.29. The second kappa shape index (κ2) is 10.4. The highest BCUT2D eigenvalue weighted by Crippen LogP contribution is 2.40. The number of fused-ring (bicyclic) bond motifs is 2. The summed E-state index contributed by atoms with van der Waals surface area (Å²) in [6, 6.07) is 19.1. The van der Waals surface area contributed by atoms with Gasteiger partial charge in [-0.05, 0) is 53.9 Å². The fourth-order valence-corrected chi connectivity index (χ4v) is 4.97. The minimum atomic E-state index is -0.641. The molecule has 4 aromatic rings. The fourth-order valence-electron chi connectivity index (χ4n) is 4.60. The smallest absolute Gasteiger partial charge is 0.291 e. The monoisotopic (exact) mass is 521 g/mol. The lowest BCUT2D eigenvalue weighted by atomic mass is 9.98. The molecule has 7 heteroatoms. The Hall–Kier alpha value is -3.28. The van der Waals surface area contributed by atoms with Crippen LogP contribution in [0.25, 0.3) is 11.0 Å². The normalized spacial score (nSPS) is 14.9. The maximum absolute atomic E-state index is 13.7. The van der Waals surface area contributed by atoms with Gasteiger partial charge in [-0.3, -0.25) is 9.59 Å². The number of carbonyl (C=O) groups is 1. The minimum Gasteiger partial charge on any atom is -0.494 e. The topological polar surface area (TPSA) is 59.8 Å². The van der Waals surface area contributed by atoms with Crippen LogP contribution in [0.5, 0.6) is 5.75 Å². The van der Waals surface area contributed by atoms with Gasteiger partial charge >= 0.3 is 0 Å². The molecule has 0 aliphatic carbocycles. The molecular weight excluding hydrogens is 497 g/mol. The van der Waals surface area contributed by atoms with Crippen molar-refractivity contribution < 1.29 is 13.9 Å². The molecule has 2 heterocycles. The lowest BCUT2D eigenvalue weighted by molar-refractivity contribution is 0.0714. The molecule has 5 rings (SSSR count). The number of carbonyl (C=O) groups excluding carboxylic acids is 1. The van der Waals surface area contributed by atoms with E-state index in [-0.39, 0.29) is 23.6 Å². The van der Waals surface area contributed by atoms with Crippen LogP contribution < -0.4 is 10.2 Å². The molecule has 0 fully saturated rings. The van der Waals surface area contributed by atoms with E-state index in [1.807, 2.05) is 42.5 Å². The number of amides is 1. The van der Waals surface area contributed by atoms with E-state index in [1.165, 1.54) is 0 Å². The first-order valence-corrected chi connectivity index (χ1v) is 12.8. The lowest BCUT2D eigenvalue weighted by Gasteiger charge is -2.25. The quantitative estimate of drug-likeness (QED) is 0.226. The Bertz CT molecular complexity index is 1480. The van der Waals surface area contributed by atoms with Gasteiger partial charge in [-0.2, -0.15) is 0 Å². The second-order valence-corrected chi connectivity index (χ2v) is 9.71. The zero-order valence-electron chi connectivity index (χ0n) is 19.8. The predicted octanol–water partition coefficient (Wildman–Crippen LogP) is 7.41. The molecular formula is C29H25Cl2NO4. The van der Waals surface area contributed by atoms with Crippen molar-refractivity contribution >= 4 is 40.1 Å². The molecule has 1 amide bonds. The average molecular weight is 522 g/mol. The van der Waals surface area contributed by atoms with Gasteiger partial charge in [-0.25, -0.2) is 0 Å². The zero-order chi connectivity index (χ0) is 25.2. The summed E-state index contributed by atoms with van der Waals surface area (Å²) < 4.78 is 11.9. The standard InChI is InChI=1S/C29H25Cl2NO4/c1-2-3-6-15-35-21-12-9-18(10-13-21)26-25-27(33)22-16-20(30)11-14-24(22)36-28(25)29(34)32(26)17-19-7-4-5-8-23(19)31/h4-5,7-14,16,26H,2-3,6,15,17H2,1H3. The van der Waals surface area contributed by atoms with E-state index in [9.17, 15) is 9.59 Å². The van der Waals surface area contributed by atoms with E-state index in [0.29, 0.717) is 33.2 Å². The summed E-state index contributed by atoms with van der Waals surface area (Å²) in [6.07, 6.45) is 3.23. The molecule has 0 saturated heterocycles. The first-order valence-electron chi connectivity index (χ1n) is 12.0. The van der Waals surface area contributed by atoms with Crippen molar-refractivity contribution in [3.8, 4) is 5.75 Å². The Labute approximate surface area is 219 Å². The summed E-state index contributed by atoms with van der Waals surface area (Å²) in [5.41, 5.74) is 1.92. The third-order valence-electron chi connectivity index (χ3n) is 6.44. The number of ether oxygens (including phenoxy) is 1. The number of benzene rings is 3. The summed E-state index contributed by atoms with van der Waals surface area (Å²) in [6.45, 7) is 3.02. The van der Waals surface area contributed by atoms with Gasteiger partial charge in [0.2, 0.25) is 5.76 Å². The van der Waals surface area contributed by atoms with E-state index >= 15 is 0 Å². The Morgan fingerprint density at radius 2 is 1.75 bits per heavy atom. The van der Waals surface area contributed by atoms with Crippen molar-refractivity contribution in [3.63, 3.8) is 0 Å². The number of nitrogens with zero attached hydrogens (tertiary/aromatic N) is 1. The van der Waals surface area contributed by atoms with Crippen LogP contribution in [0.2, 0.25) is 10.0 Å². The largest absolute Gasteiger partial charge is 0.494 e. The number of unbranched alkanes of at least 4 members (excludes halogenated alkanes) is 2. The Balaban J connectivity index is 1.59. The maximum Gasteiger partial charge on any atom is 0.291 e. The molecule has 0 spiro atoms. The van der Waals surface area contributed by atoms with Crippen LogP contribution in [0.4, 0.5) is 0 Å². The van der Waals surface area contributed by atoms with Gasteiger partial charge in [0.1, 0.15) is 11.3 Å². The van der Waals surface area contributed by atoms with Crippen molar-refractivity contribution in [1.82, 2.24) is 4.90 Å². The molecule has 0 saturated carbocycles. The maximum atomic E-state index is 13.7. The van der Waals surface area contributed by atoms with Crippen LogP contribution in [0.15, 0.2) is 75.9 Å². The van der Waals surface area contributed by atoms with Crippen LogP contribution in [-0.4, -0.2) is 17.4 Å². The molecule has 1 atom stereocenters. The summed E-state index contributed by atoms with van der Waals surface area (Å²) >= 11 is 12.6. The molecule has 1 aromatic heterocycles. The van der Waals surface area contributed by atoms with E-state index in [0.717, 1.165) is 36.1 Å². The molecule has 1 unspecified atom stereocenters. The van der Waals surface area contributed by atoms with Gasteiger partial charge in [0.25, 0.3) is 5.91 Å². The van der Waals surface area contributed by atoms with Crippen molar-refractivity contribution in [3.05, 3.63) is 109 Å². The molecule has 1 aliphatic rings. The van der Waals surface area contributed by atoms with Gasteiger partial charge in [0, 0.05) is 16.6 Å². The number of halogens is 2. The average Bonchev–Trinajstić information content (AvgIpc) is 3.16. The van der Waals surface area contributed by atoms with Gasteiger partial charge in [-0.15, -0.1) is 0 Å². The molecule has 36 heavy (non-hydrogen) atoms. The first-order chi connectivity index (χ1) is 17.5. The van der Waals surface area contributed by atoms with Crippen LogP contribution >= 0.6 is 23.2 Å². The van der Waals surface area contributed by atoms with Gasteiger partial charge in [-0.1, -0.05) is 73.3 Å². The van der Waals surface area contributed by atoms with Crippen LogP contribution in [0, 0.1) is 0 Å². The fraction of sp³-hybridized carbons (Fsp3) is 0.241. The van der Waals surface area contributed by atoms with Crippen molar-refractivity contribution in [1.29, 1.82) is 0 Å². The molecule has 184 valence electrons. The SMILES string of the molecule is CCCCCOc1ccc(C2c3c(oc4ccc(Cl)cc4c3=O)C(=O)N2Cc2ccccc2Cl)cc1. The van der Waals surface area contributed by atoms with E-state index in [2.05, 4.69) is 6.92 Å². The van der Waals surface area contributed by atoms with Crippen molar-refractivity contribution in [2.45, 2.75) is 38.8 Å². The van der Waals surface area contributed by atoms with E-state index in [1.54, 1.807) is 29.2 Å². The number of rotatable bonds is 8. The van der Waals surface area contributed by atoms with Gasteiger partial charge < -0.3 is 14.1 Å². The summed E-state index contributed by atoms with van der Waals surface area (Å²) in [7, 11) is 0. The minimum absolute atomic E-state index is 0.0479. The van der Waals surface area contributed by atoms with Crippen molar-refractivity contribution in [2.24, 2.45) is 0 Å².